The second-order valence-electron chi connectivity index (χ2n) is 4.87. The normalized spacial score (nSPS) is 10.5. The van der Waals surface area contributed by atoms with Crippen LogP contribution in [0.25, 0.3) is 0 Å². The fraction of sp³-hybridized carbons (Fsp3) is 0.188. The molecule has 5 heteroatoms. The summed E-state index contributed by atoms with van der Waals surface area (Å²) in [6, 6.07) is 11.3. The van der Waals surface area contributed by atoms with Gasteiger partial charge in [-0.25, -0.2) is 9.18 Å². The second-order valence-corrected chi connectivity index (χ2v) is 5.28. The third-order valence-electron chi connectivity index (χ3n) is 2.90. The van der Waals surface area contributed by atoms with Gasteiger partial charge in [-0.15, -0.1) is 0 Å². The molecule has 110 valence electrons. The Balaban J connectivity index is 2.04. The summed E-state index contributed by atoms with van der Waals surface area (Å²) in [6.07, 6.45) is -0.683. The van der Waals surface area contributed by atoms with Gasteiger partial charge in [0.15, 0.2) is 0 Å². The molecule has 0 aliphatic carbocycles. The van der Waals surface area contributed by atoms with E-state index in [1.165, 1.54) is 12.1 Å². The molecule has 0 radical (unpaired) electrons. The van der Waals surface area contributed by atoms with E-state index in [1.807, 2.05) is 12.1 Å². The van der Waals surface area contributed by atoms with Gasteiger partial charge in [0.1, 0.15) is 11.6 Å². The lowest BCUT2D eigenvalue weighted by atomic mass is 10.0. The van der Waals surface area contributed by atoms with Crippen LogP contribution >= 0.6 is 11.6 Å². The van der Waals surface area contributed by atoms with Gasteiger partial charge in [0, 0.05) is 5.69 Å². The van der Waals surface area contributed by atoms with Crippen LogP contribution in [0.3, 0.4) is 0 Å². The largest absolute Gasteiger partial charge is 0.417 e. The van der Waals surface area contributed by atoms with Crippen molar-refractivity contribution in [2.75, 3.05) is 5.32 Å². The van der Waals surface area contributed by atoms with E-state index >= 15 is 0 Å². The van der Waals surface area contributed by atoms with Gasteiger partial charge in [-0.3, -0.25) is 5.32 Å². The highest BCUT2D eigenvalue weighted by molar-refractivity contribution is 6.30. The number of carbonyl (C=O) groups is 1. The molecule has 2 rings (SSSR count). The van der Waals surface area contributed by atoms with Crippen LogP contribution in [-0.4, -0.2) is 6.09 Å². The molecule has 0 aliphatic heterocycles. The van der Waals surface area contributed by atoms with E-state index in [-0.39, 0.29) is 10.7 Å². The second kappa shape index (κ2) is 6.59. The van der Waals surface area contributed by atoms with Gasteiger partial charge in [0.2, 0.25) is 0 Å². The highest BCUT2D eigenvalue weighted by Gasteiger charge is 2.08. The topological polar surface area (TPSA) is 38.3 Å². The lowest BCUT2D eigenvalue weighted by Crippen LogP contribution is -2.16. The molecule has 0 bridgehead atoms. The minimum Gasteiger partial charge on any atom is -0.410 e. The molecular formula is C16H15ClFNO2. The maximum Gasteiger partial charge on any atom is 0.417 e. The van der Waals surface area contributed by atoms with Crippen LogP contribution in [0.15, 0.2) is 42.5 Å². The number of hydrogen-bond acceptors (Lipinski definition) is 2. The first-order valence-corrected chi connectivity index (χ1v) is 6.87. The van der Waals surface area contributed by atoms with Crippen LogP contribution in [0, 0.1) is 5.82 Å². The number of carbonyl (C=O) groups excluding carboxylic acids is 1. The molecule has 1 N–H and O–H groups in total. The summed E-state index contributed by atoms with van der Waals surface area (Å²) in [5.74, 6) is 0.173. The number of ether oxygens (including phenoxy) is 1. The average Bonchev–Trinajstić information content (AvgIpc) is 2.43. The first-order chi connectivity index (χ1) is 9.95. The van der Waals surface area contributed by atoms with Gasteiger partial charge in [-0.05, 0) is 41.8 Å². The van der Waals surface area contributed by atoms with Crippen molar-refractivity contribution in [3.8, 4) is 5.75 Å². The Kier molecular flexibility index (Phi) is 4.81. The van der Waals surface area contributed by atoms with Crippen LogP contribution in [0.1, 0.15) is 25.3 Å². The Morgan fingerprint density at radius 3 is 2.67 bits per heavy atom. The van der Waals surface area contributed by atoms with Gasteiger partial charge >= 0.3 is 6.09 Å². The van der Waals surface area contributed by atoms with E-state index in [0.717, 1.165) is 11.6 Å². The summed E-state index contributed by atoms with van der Waals surface area (Å²) in [7, 11) is 0. The smallest absolute Gasteiger partial charge is 0.410 e. The van der Waals surface area contributed by atoms with Crippen molar-refractivity contribution in [2.24, 2.45) is 0 Å². The minimum atomic E-state index is -0.683. The van der Waals surface area contributed by atoms with Gasteiger partial charge < -0.3 is 4.74 Å². The fourth-order valence-electron chi connectivity index (χ4n) is 1.76. The van der Waals surface area contributed by atoms with Gasteiger partial charge in [-0.1, -0.05) is 37.6 Å². The van der Waals surface area contributed by atoms with E-state index in [2.05, 4.69) is 19.2 Å². The Bertz CT molecular complexity index is 658. The molecule has 0 atom stereocenters. The van der Waals surface area contributed by atoms with Crippen LogP contribution in [0.4, 0.5) is 14.9 Å². The number of nitrogens with one attached hydrogen (secondary N) is 1. The van der Waals surface area contributed by atoms with Crippen molar-refractivity contribution in [1.82, 2.24) is 0 Å². The van der Waals surface area contributed by atoms with Gasteiger partial charge in [-0.2, -0.15) is 0 Å². The molecule has 21 heavy (non-hydrogen) atoms. The molecule has 0 aromatic heterocycles. The van der Waals surface area contributed by atoms with Gasteiger partial charge in [0.05, 0.1) is 5.02 Å². The number of rotatable bonds is 3. The summed E-state index contributed by atoms with van der Waals surface area (Å²) in [4.78, 5) is 11.8. The fourth-order valence-corrected chi connectivity index (χ4v) is 1.88. The Hall–Kier alpha value is -2.07. The van der Waals surface area contributed by atoms with Crippen molar-refractivity contribution in [3.63, 3.8) is 0 Å². The molecule has 0 saturated carbocycles. The molecule has 0 saturated heterocycles. The predicted molar refractivity (Wildman–Crippen MR) is 81.6 cm³/mol. The van der Waals surface area contributed by atoms with Crippen molar-refractivity contribution < 1.29 is 13.9 Å². The third-order valence-corrected chi connectivity index (χ3v) is 3.21. The van der Waals surface area contributed by atoms with Crippen LogP contribution in [0.5, 0.6) is 5.75 Å². The van der Waals surface area contributed by atoms with E-state index in [0.29, 0.717) is 11.7 Å². The minimum absolute atomic E-state index is 0.00134. The Morgan fingerprint density at radius 2 is 2.00 bits per heavy atom. The zero-order valence-electron chi connectivity index (χ0n) is 11.7. The third kappa shape index (κ3) is 4.20. The molecule has 0 aliphatic rings. The van der Waals surface area contributed by atoms with Crippen molar-refractivity contribution in [2.45, 2.75) is 19.8 Å². The summed E-state index contributed by atoms with van der Waals surface area (Å²) in [6.45, 7) is 4.10. The molecule has 1 amide bonds. The molecule has 0 spiro atoms. The summed E-state index contributed by atoms with van der Waals surface area (Å²) >= 11 is 5.58. The zero-order valence-corrected chi connectivity index (χ0v) is 12.4. The summed E-state index contributed by atoms with van der Waals surface area (Å²) in [5, 5.41) is 2.45. The lowest BCUT2D eigenvalue weighted by Gasteiger charge is -2.10. The number of anilines is 1. The van der Waals surface area contributed by atoms with Crippen molar-refractivity contribution in [3.05, 3.63) is 58.9 Å². The quantitative estimate of drug-likeness (QED) is 0.845. The monoisotopic (exact) mass is 307 g/mol. The average molecular weight is 308 g/mol. The Morgan fingerprint density at radius 1 is 1.24 bits per heavy atom. The number of benzene rings is 2. The van der Waals surface area contributed by atoms with Crippen LogP contribution in [0.2, 0.25) is 5.02 Å². The molecule has 2 aromatic carbocycles. The lowest BCUT2D eigenvalue weighted by molar-refractivity contribution is 0.215. The van der Waals surface area contributed by atoms with Crippen molar-refractivity contribution >= 4 is 23.4 Å². The maximum absolute atomic E-state index is 13.3. The number of amides is 1. The summed E-state index contributed by atoms with van der Waals surface area (Å²) < 4.78 is 18.4. The molecular weight excluding hydrogens is 293 g/mol. The van der Waals surface area contributed by atoms with E-state index in [1.54, 1.807) is 12.1 Å². The van der Waals surface area contributed by atoms with E-state index < -0.39 is 11.9 Å². The maximum atomic E-state index is 13.3. The predicted octanol–water partition coefficient (Wildman–Crippen LogP) is 5.21. The van der Waals surface area contributed by atoms with Crippen LogP contribution < -0.4 is 10.1 Å². The first-order valence-electron chi connectivity index (χ1n) is 6.49. The highest BCUT2D eigenvalue weighted by Crippen LogP contribution is 2.21. The number of halogens is 2. The molecule has 0 heterocycles. The molecule has 2 aromatic rings. The first kappa shape index (κ1) is 15.3. The highest BCUT2D eigenvalue weighted by atomic mass is 35.5. The zero-order chi connectivity index (χ0) is 15.4. The SMILES string of the molecule is CC(C)c1cccc(OC(=O)Nc2ccc(Cl)c(F)c2)c1. The number of hydrogen-bond donors (Lipinski definition) is 1. The van der Waals surface area contributed by atoms with E-state index in [9.17, 15) is 9.18 Å². The molecule has 3 nitrogen and oxygen atoms in total. The molecule has 0 fully saturated rings. The molecule has 0 unspecified atom stereocenters. The van der Waals surface area contributed by atoms with Crippen molar-refractivity contribution in [1.29, 1.82) is 0 Å². The van der Waals surface area contributed by atoms with Crippen LogP contribution in [-0.2, 0) is 0 Å². The standard InChI is InChI=1S/C16H15ClFNO2/c1-10(2)11-4-3-5-13(8-11)21-16(20)19-12-6-7-14(17)15(18)9-12/h3-10H,1-2H3,(H,19,20). The Labute approximate surface area is 127 Å². The summed E-state index contributed by atoms with van der Waals surface area (Å²) in [5.41, 5.74) is 1.35. The van der Waals surface area contributed by atoms with Gasteiger partial charge in [0.25, 0.3) is 0 Å². The van der Waals surface area contributed by atoms with E-state index in [4.69, 9.17) is 16.3 Å².